The fourth-order valence-corrected chi connectivity index (χ4v) is 2.01. The third kappa shape index (κ3) is 1.67. The largest absolute Gasteiger partial charge is 0.493 e. The van der Waals surface area contributed by atoms with E-state index in [0.717, 1.165) is 16.1 Å². The van der Waals surface area contributed by atoms with Crippen molar-refractivity contribution in [3.05, 3.63) is 44.8 Å². The SMILES string of the molecule is Cn1c(O)c(C=c2ccc3c(c2)C=NN=3)[nH]c1=S. The molecule has 1 aliphatic heterocycles. The number of imidazole rings is 1. The van der Waals surface area contributed by atoms with Gasteiger partial charge >= 0.3 is 0 Å². The van der Waals surface area contributed by atoms with Crippen molar-refractivity contribution >= 4 is 24.5 Å². The third-order valence-corrected chi connectivity index (χ3v) is 3.21. The molecule has 5 nitrogen and oxygen atoms in total. The molecule has 0 unspecified atom stereocenters. The molecule has 0 radical (unpaired) electrons. The number of aromatic nitrogens is 2. The van der Waals surface area contributed by atoms with Crippen molar-refractivity contribution < 1.29 is 5.11 Å². The van der Waals surface area contributed by atoms with E-state index in [2.05, 4.69) is 15.2 Å². The van der Waals surface area contributed by atoms with E-state index in [1.54, 1.807) is 13.3 Å². The Balaban J connectivity index is 2.18. The minimum Gasteiger partial charge on any atom is -0.493 e. The summed E-state index contributed by atoms with van der Waals surface area (Å²) < 4.78 is 2.00. The second kappa shape index (κ2) is 3.92. The number of benzene rings is 1. The van der Waals surface area contributed by atoms with Gasteiger partial charge in [-0.05, 0) is 35.6 Å². The molecule has 2 aromatic rings. The molecule has 1 aromatic carbocycles. The number of aromatic hydroxyl groups is 1. The fourth-order valence-electron chi connectivity index (χ4n) is 1.81. The van der Waals surface area contributed by atoms with Gasteiger partial charge in [0.1, 0.15) is 5.69 Å². The predicted octanol–water partition coefficient (Wildman–Crippen LogP) is 0.584. The Morgan fingerprint density at radius 3 is 3.00 bits per heavy atom. The standard InChI is InChI=1S/C12H10N4OS/c1-16-11(17)10(14-12(16)18)5-7-2-3-9-8(4-7)6-13-15-9/h2-6,17H,1H3,(H,14,18). The first kappa shape index (κ1) is 10.9. The van der Waals surface area contributed by atoms with Gasteiger partial charge < -0.3 is 10.1 Å². The lowest BCUT2D eigenvalue weighted by Gasteiger charge is -1.93. The number of H-pyrrole nitrogens is 1. The van der Waals surface area contributed by atoms with E-state index in [1.165, 1.54) is 4.57 Å². The molecule has 0 spiro atoms. The Morgan fingerprint density at radius 1 is 1.44 bits per heavy atom. The molecule has 0 saturated heterocycles. The number of nitrogens with one attached hydrogen (secondary N) is 1. The number of fused-ring (bicyclic) bond motifs is 1. The van der Waals surface area contributed by atoms with Crippen LogP contribution in [0.4, 0.5) is 0 Å². The fraction of sp³-hybridized carbons (Fsp3) is 0.0833. The molecule has 0 bridgehead atoms. The minimum absolute atomic E-state index is 0.124. The minimum atomic E-state index is 0.124. The summed E-state index contributed by atoms with van der Waals surface area (Å²) in [5, 5.41) is 19.5. The highest BCUT2D eigenvalue weighted by Gasteiger charge is 2.05. The molecule has 6 heteroatoms. The van der Waals surface area contributed by atoms with Crippen LogP contribution in [0.25, 0.3) is 6.08 Å². The van der Waals surface area contributed by atoms with E-state index in [9.17, 15) is 5.11 Å². The van der Waals surface area contributed by atoms with Crippen LogP contribution in [0, 0.1) is 4.77 Å². The summed E-state index contributed by atoms with van der Waals surface area (Å²) in [6.07, 6.45) is 3.54. The number of aromatic amines is 1. The zero-order chi connectivity index (χ0) is 12.7. The lowest BCUT2D eigenvalue weighted by Crippen LogP contribution is -2.11. The average molecular weight is 258 g/mol. The molecule has 3 rings (SSSR count). The second-order valence-electron chi connectivity index (χ2n) is 4.03. The first-order valence-electron chi connectivity index (χ1n) is 5.36. The van der Waals surface area contributed by atoms with Crippen molar-refractivity contribution in [1.82, 2.24) is 9.55 Å². The lowest BCUT2D eigenvalue weighted by molar-refractivity contribution is 0.430. The highest BCUT2D eigenvalue weighted by molar-refractivity contribution is 7.71. The summed E-state index contributed by atoms with van der Waals surface area (Å²) >= 11 is 5.05. The average Bonchev–Trinajstić information content (AvgIpc) is 2.91. The van der Waals surface area contributed by atoms with Crippen LogP contribution >= 0.6 is 12.2 Å². The molecule has 2 heterocycles. The van der Waals surface area contributed by atoms with E-state index >= 15 is 0 Å². The van der Waals surface area contributed by atoms with E-state index < -0.39 is 0 Å². The molecule has 90 valence electrons. The highest BCUT2D eigenvalue weighted by atomic mass is 32.1. The van der Waals surface area contributed by atoms with Crippen LogP contribution in [0.5, 0.6) is 5.88 Å². The maximum Gasteiger partial charge on any atom is 0.217 e. The summed E-state index contributed by atoms with van der Waals surface area (Å²) in [6.45, 7) is 0. The lowest BCUT2D eigenvalue weighted by atomic mass is 10.2. The van der Waals surface area contributed by atoms with Gasteiger partial charge in [-0.25, -0.2) is 0 Å². The molecule has 0 fully saturated rings. The van der Waals surface area contributed by atoms with Crippen molar-refractivity contribution in [3.8, 4) is 5.88 Å². The van der Waals surface area contributed by atoms with Gasteiger partial charge in [0.15, 0.2) is 4.77 Å². The quantitative estimate of drug-likeness (QED) is 0.735. The van der Waals surface area contributed by atoms with Gasteiger partial charge in [0.05, 0.1) is 11.6 Å². The molecule has 0 amide bonds. The first-order valence-corrected chi connectivity index (χ1v) is 5.77. The van der Waals surface area contributed by atoms with Gasteiger partial charge in [0, 0.05) is 12.6 Å². The highest BCUT2D eigenvalue weighted by Crippen LogP contribution is 2.15. The number of hydrogen-bond donors (Lipinski definition) is 2. The van der Waals surface area contributed by atoms with Crippen LogP contribution < -0.4 is 10.6 Å². The molecule has 0 atom stereocenters. The van der Waals surface area contributed by atoms with Gasteiger partial charge in [-0.3, -0.25) is 4.57 Å². The molecule has 1 aromatic heterocycles. The molecule has 2 N–H and O–H groups in total. The van der Waals surface area contributed by atoms with E-state index in [-0.39, 0.29) is 5.88 Å². The van der Waals surface area contributed by atoms with Crippen molar-refractivity contribution in [2.75, 3.05) is 0 Å². The van der Waals surface area contributed by atoms with E-state index in [0.29, 0.717) is 10.5 Å². The molecule has 0 saturated carbocycles. The normalized spacial score (nSPS) is 13.7. The monoisotopic (exact) mass is 258 g/mol. The Bertz CT molecular complexity index is 829. The Labute approximate surface area is 107 Å². The summed E-state index contributed by atoms with van der Waals surface area (Å²) in [5.74, 6) is 0.124. The number of nitrogens with zero attached hydrogens (tertiary/aromatic N) is 3. The summed E-state index contributed by atoms with van der Waals surface area (Å²) in [7, 11) is 1.71. The van der Waals surface area contributed by atoms with Crippen molar-refractivity contribution in [3.63, 3.8) is 0 Å². The Hall–Kier alpha value is -2.21. The van der Waals surface area contributed by atoms with Crippen molar-refractivity contribution in [1.29, 1.82) is 0 Å². The van der Waals surface area contributed by atoms with E-state index in [4.69, 9.17) is 12.2 Å². The van der Waals surface area contributed by atoms with Gasteiger partial charge in [-0.1, -0.05) is 6.07 Å². The summed E-state index contributed by atoms with van der Waals surface area (Å²) in [5.41, 5.74) is 1.56. The smallest absolute Gasteiger partial charge is 0.217 e. The molecule has 0 aliphatic carbocycles. The number of rotatable bonds is 1. The van der Waals surface area contributed by atoms with Crippen LogP contribution in [-0.4, -0.2) is 20.9 Å². The molecule has 18 heavy (non-hydrogen) atoms. The van der Waals surface area contributed by atoms with Gasteiger partial charge in [0.25, 0.3) is 0 Å². The third-order valence-electron chi connectivity index (χ3n) is 2.83. The van der Waals surface area contributed by atoms with E-state index in [1.807, 2.05) is 24.3 Å². The van der Waals surface area contributed by atoms with Crippen LogP contribution in [-0.2, 0) is 7.05 Å². The van der Waals surface area contributed by atoms with Crippen molar-refractivity contribution in [2.24, 2.45) is 17.3 Å². The Kier molecular flexibility index (Phi) is 2.38. The van der Waals surface area contributed by atoms with Gasteiger partial charge in [0.2, 0.25) is 5.88 Å². The molecular formula is C12H10N4OS. The van der Waals surface area contributed by atoms with Crippen LogP contribution in [0.3, 0.4) is 0 Å². The van der Waals surface area contributed by atoms with Gasteiger partial charge in [-0.2, -0.15) is 10.2 Å². The summed E-state index contributed by atoms with van der Waals surface area (Å²) in [4.78, 5) is 2.94. The first-order chi connectivity index (χ1) is 8.65. The zero-order valence-electron chi connectivity index (χ0n) is 9.58. The Morgan fingerprint density at radius 2 is 2.28 bits per heavy atom. The summed E-state index contributed by atoms with van der Waals surface area (Å²) in [6, 6.07) is 5.77. The second-order valence-corrected chi connectivity index (χ2v) is 4.42. The van der Waals surface area contributed by atoms with Crippen LogP contribution in [0.15, 0.2) is 28.4 Å². The molecule has 1 aliphatic rings. The zero-order valence-corrected chi connectivity index (χ0v) is 10.4. The predicted molar refractivity (Wildman–Crippen MR) is 70.6 cm³/mol. The van der Waals surface area contributed by atoms with Crippen LogP contribution in [0.2, 0.25) is 0 Å². The maximum atomic E-state index is 9.86. The maximum absolute atomic E-state index is 9.86. The van der Waals surface area contributed by atoms with Crippen LogP contribution in [0.1, 0.15) is 11.3 Å². The topological polar surface area (TPSA) is 65.7 Å². The number of hydrogen-bond acceptors (Lipinski definition) is 4. The molecular weight excluding hydrogens is 248 g/mol. The van der Waals surface area contributed by atoms with Crippen molar-refractivity contribution in [2.45, 2.75) is 0 Å². The van der Waals surface area contributed by atoms with Gasteiger partial charge in [-0.15, -0.1) is 0 Å².